The van der Waals surface area contributed by atoms with E-state index in [1.165, 1.54) is 0 Å². The summed E-state index contributed by atoms with van der Waals surface area (Å²) in [5.74, 6) is -0.117. The molecule has 3 nitrogen and oxygen atoms in total. The summed E-state index contributed by atoms with van der Waals surface area (Å²) in [4.78, 5) is 16.5. The van der Waals surface area contributed by atoms with Crippen LogP contribution in [0.5, 0.6) is 0 Å². The van der Waals surface area contributed by atoms with E-state index in [-0.39, 0.29) is 0 Å². The zero-order chi connectivity index (χ0) is 16.5. The van der Waals surface area contributed by atoms with Gasteiger partial charge in [0.25, 0.3) is 0 Å². The molecule has 0 bridgehead atoms. The molecule has 0 radical (unpaired) electrons. The molecule has 1 aliphatic heterocycles. The summed E-state index contributed by atoms with van der Waals surface area (Å²) in [5.41, 5.74) is 1.97. The van der Waals surface area contributed by atoms with E-state index in [0.717, 1.165) is 26.4 Å². The molecule has 0 fully saturated rings. The minimum absolute atomic E-state index is 0.302. The third kappa shape index (κ3) is 2.76. The molecule has 4 rings (SSSR count). The van der Waals surface area contributed by atoms with E-state index in [9.17, 15) is 4.79 Å². The molecule has 0 saturated carbocycles. The first-order valence-electron chi connectivity index (χ1n) is 7.47. The Hall–Kier alpha value is -2.72. The van der Waals surface area contributed by atoms with Crippen molar-refractivity contribution in [1.29, 1.82) is 0 Å². The molecule has 3 aromatic carbocycles. The van der Waals surface area contributed by atoms with Gasteiger partial charge in [-0.1, -0.05) is 48.5 Å². The Bertz CT molecular complexity index is 1020. The van der Waals surface area contributed by atoms with Crippen molar-refractivity contribution in [3.05, 3.63) is 88.0 Å². The summed E-state index contributed by atoms with van der Waals surface area (Å²) in [6.07, 6.45) is 1.75. The fourth-order valence-corrected chi connectivity index (χ4v) is 3.07. The molecule has 0 N–H and O–H groups in total. The van der Waals surface area contributed by atoms with Crippen molar-refractivity contribution >= 4 is 44.6 Å². The number of ether oxygens (including phenoxy) is 1. The number of rotatable bonds is 2. The van der Waals surface area contributed by atoms with E-state index in [1.54, 1.807) is 6.08 Å². The highest BCUT2D eigenvalue weighted by atomic mass is 79.9. The summed E-state index contributed by atoms with van der Waals surface area (Å²) < 4.78 is 6.15. The van der Waals surface area contributed by atoms with Crippen LogP contribution in [-0.2, 0) is 9.53 Å². The minimum atomic E-state index is -0.436. The van der Waals surface area contributed by atoms with Crippen molar-refractivity contribution in [2.75, 3.05) is 0 Å². The number of nitrogens with zero attached hydrogens (tertiary/aromatic N) is 1. The van der Waals surface area contributed by atoms with Crippen molar-refractivity contribution in [3.8, 4) is 0 Å². The van der Waals surface area contributed by atoms with Crippen molar-refractivity contribution in [2.24, 2.45) is 4.99 Å². The molecule has 0 aliphatic carbocycles. The molecule has 0 amide bonds. The summed E-state index contributed by atoms with van der Waals surface area (Å²) in [7, 11) is 0. The van der Waals surface area contributed by atoms with Crippen molar-refractivity contribution in [3.63, 3.8) is 0 Å². The van der Waals surface area contributed by atoms with Crippen LogP contribution in [0.4, 0.5) is 0 Å². The summed E-state index contributed by atoms with van der Waals surface area (Å²) >= 11 is 3.45. The molecule has 0 saturated heterocycles. The quantitative estimate of drug-likeness (QED) is 0.468. The number of aliphatic imine (C=N–C) groups is 1. The molecule has 0 atom stereocenters. The molecular formula is C20H12BrNO2. The van der Waals surface area contributed by atoms with Gasteiger partial charge in [-0.2, -0.15) is 0 Å². The first kappa shape index (κ1) is 14.8. The van der Waals surface area contributed by atoms with Crippen LogP contribution in [-0.4, -0.2) is 11.9 Å². The number of esters is 1. The van der Waals surface area contributed by atoms with Gasteiger partial charge in [-0.25, -0.2) is 9.79 Å². The third-order valence-electron chi connectivity index (χ3n) is 3.80. The molecular weight excluding hydrogens is 366 g/mol. The zero-order valence-corrected chi connectivity index (χ0v) is 14.2. The Morgan fingerprint density at radius 2 is 1.67 bits per heavy atom. The average Bonchev–Trinajstić information content (AvgIpc) is 2.96. The van der Waals surface area contributed by atoms with Gasteiger partial charge in [0.15, 0.2) is 5.70 Å². The van der Waals surface area contributed by atoms with Crippen LogP contribution < -0.4 is 0 Å². The summed E-state index contributed by atoms with van der Waals surface area (Å²) in [6.45, 7) is 0. The number of halogens is 1. The van der Waals surface area contributed by atoms with Crippen molar-refractivity contribution in [2.45, 2.75) is 0 Å². The molecule has 1 aliphatic rings. The van der Waals surface area contributed by atoms with E-state index in [2.05, 4.69) is 27.0 Å². The molecule has 0 aromatic heterocycles. The van der Waals surface area contributed by atoms with Crippen molar-refractivity contribution in [1.82, 2.24) is 0 Å². The fourth-order valence-electron chi connectivity index (χ4n) is 2.61. The first-order valence-corrected chi connectivity index (χ1v) is 8.26. The van der Waals surface area contributed by atoms with Gasteiger partial charge in [0.2, 0.25) is 5.90 Å². The van der Waals surface area contributed by atoms with Crippen LogP contribution in [0.15, 0.2) is 81.9 Å². The number of hydrogen-bond donors (Lipinski definition) is 0. The highest BCUT2D eigenvalue weighted by molar-refractivity contribution is 9.10. The van der Waals surface area contributed by atoms with Crippen LogP contribution in [0.1, 0.15) is 11.1 Å². The van der Waals surface area contributed by atoms with E-state index in [0.29, 0.717) is 11.6 Å². The second kappa shape index (κ2) is 6.06. The lowest BCUT2D eigenvalue weighted by molar-refractivity contribution is -0.129. The number of carbonyl (C=O) groups excluding carboxylic acids is 1. The highest BCUT2D eigenvalue weighted by Gasteiger charge is 2.25. The Kier molecular flexibility index (Phi) is 3.75. The smallest absolute Gasteiger partial charge is 0.363 e. The standard InChI is InChI=1S/C20H12BrNO2/c21-17-8-4-3-7-16(17)19-22-18(20(23)24-19)12-13-9-10-14-5-1-2-6-15(14)11-13/h1-12H/b18-12+. The number of hydrogen-bond acceptors (Lipinski definition) is 3. The Morgan fingerprint density at radius 1 is 0.917 bits per heavy atom. The maximum absolute atomic E-state index is 12.1. The monoisotopic (exact) mass is 377 g/mol. The number of cyclic esters (lactones) is 1. The van der Waals surface area contributed by atoms with E-state index < -0.39 is 5.97 Å². The maximum atomic E-state index is 12.1. The largest absolute Gasteiger partial charge is 0.402 e. The van der Waals surface area contributed by atoms with Gasteiger partial charge in [0.1, 0.15) is 0 Å². The number of fused-ring (bicyclic) bond motifs is 1. The Labute approximate surface area is 147 Å². The average molecular weight is 378 g/mol. The number of carbonyl (C=O) groups is 1. The second-order valence-corrected chi connectivity index (χ2v) is 6.28. The zero-order valence-electron chi connectivity index (χ0n) is 12.6. The molecule has 4 heteroatoms. The predicted octanol–water partition coefficient (Wildman–Crippen LogP) is 4.95. The molecule has 116 valence electrons. The first-order chi connectivity index (χ1) is 11.7. The lowest BCUT2D eigenvalue weighted by Crippen LogP contribution is -2.05. The summed E-state index contributed by atoms with van der Waals surface area (Å²) in [5, 5.41) is 2.28. The van der Waals surface area contributed by atoms with Gasteiger partial charge in [-0.15, -0.1) is 0 Å². The third-order valence-corrected chi connectivity index (χ3v) is 4.49. The van der Waals surface area contributed by atoms with E-state index in [4.69, 9.17) is 4.74 Å². The van der Waals surface area contributed by atoms with Gasteiger partial charge < -0.3 is 4.74 Å². The van der Waals surface area contributed by atoms with Crippen LogP contribution in [0, 0.1) is 0 Å². The van der Waals surface area contributed by atoms with Gasteiger partial charge in [-0.05, 0) is 56.5 Å². The SMILES string of the molecule is O=C1OC(c2ccccc2Br)=N/C1=C/c1ccc2ccccc2c1. The molecule has 0 spiro atoms. The van der Waals surface area contributed by atoms with Gasteiger partial charge in [0, 0.05) is 4.47 Å². The molecule has 24 heavy (non-hydrogen) atoms. The lowest BCUT2D eigenvalue weighted by atomic mass is 10.1. The molecule has 0 unspecified atom stereocenters. The van der Waals surface area contributed by atoms with Crippen molar-refractivity contribution < 1.29 is 9.53 Å². The predicted molar refractivity (Wildman–Crippen MR) is 98.7 cm³/mol. The highest BCUT2D eigenvalue weighted by Crippen LogP contribution is 2.24. The number of benzene rings is 3. The van der Waals surface area contributed by atoms with Gasteiger partial charge >= 0.3 is 5.97 Å². The lowest BCUT2D eigenvalue weighted by Gasteiger charge is -2.01. The Morgan fingerprint density at radius 3 is 2.50 bits per heavy atom. The van der Waals surface area contributed by atoms with Crippen LogP contribution in [0.25, 0.3) is 16.8 Å². The van der Waals surface area contributed by atoms with Crippen LogP contribution in [0.3, 0.4) is 0 Å². The second-order valence-electron chi connectivity index (χ2n) is 5.42. The minimum Gasteiger partial charge on any atom is -0.402 e. The Balaban J connectivity index is 1.73. The molecule has 3 aromatic rings. The normalized spacial score (nSPS) is 15.6. The molecule has 1 heterocycles. The maximum Gasteiger partial charge on any atom is 0.363 e. The fraction of sp³-hybridized carbons (Fsp3) is 0. The van der Waals surface area contributed by atoms with E-state index >= 15 is 0 Å². The van der Waals surface area contributed by atoms with Crippen LogP contribution in [0.2, 0.25) is 0 Å². The van der Waals surface area contributed by atoms with Gasteiger partial charge in [-0.3, -0.25) is 0 Å². The van der Waals surface area contributed by atoms with Gasteiger partial charge in [0.05, 0.1) is 5.56 Å². The van der Waals surface area contributed by atoms with Crippen LogP contribution >= 0.6 is 15.9 Å². The topological polar surface area (TPSA) is 38.7 Å². The summed E-state index contributed by atoms with van der Waals surface area (Å²) in [6, 6.07) is 21.6. The van der Waals surface area contributed by atoms with E-state index in [1.807, 2.05) is 60.7 Å².